The van der Waals surface area contributed by atoms with Crippen LogP contribution in [0.25, 0.3) is 0 Å². The van der Waals surface area contributed by atoms with Crippen LogP contribution in [-0.2, 0) is 6.54 Å². The molecule has 0 saturated heterocycles. The van der Waals surface area contributed by atoms with Crippen LogP contribution in [0.5, 0.6) is 0 Å². The molecule has 0 amide bonds. The van der Waals surface area contributed by atoms with Crippen molar-refractivity contribution in [3.63, 3.8) is 0 Å². The number of anilines is 1. The third-order valence-corrected chi connectivity index (χ3v) is 3.55. The van der Waals surface area contributed by atoms with Crippen molar-refractivity contribution >= 4 is 21.6 Å². The molecule has 1 aromatic carbocycles. The molecule has 19 heavy (non-hydrogen) atoms. The van der Waals surface area contributed by atoms with E-state index in [2.05, 4.69) is 45.3 Å². The van der Waals surface area contributed by atoms with Crippen molar-refractivity contribution in [2.24, 2.45) is 0 Å². The normalized spacial score (nSPS) is 10.9. The molecule has 2 rings (SSSR count). The maximum absolute atomic E-state index is 5.30. The first-order valence-electron chi connectivity index (χ1n) is 6.36. The molecule has 0 spiro atoms. The van der Waals surface area contributed by atoms with E-state index in [0.29, 0.717) is 0 Å². The van der Waals surface area contributed by atoms with E-state index in [9.17, 15) is 0 Å². The van der Waals surface area contributed by atoms with Gasteiger partial charge in [-0.15, -0.1) is 0 Å². The topological polar surface area (TPSA) is 28.4 Å². The van der Waals surface area contributed by atoms with E-state index in [1.165, 1.54) is 5.56 Å². The summed E-state index contributed by atoms with van der Waals surface area (Å²) < 4.78 is 6.40. The van der Waals surface area contributed by atoms with Crippen LogP contribution >= 0.6 is 15.9 Å². The predicted octanol–water partition coefficient (Wildman–Crippen LogP) is 3.89. The average Bonchev–Trinajstić information content (AvgIpc) is 2.75. The number of aryl methyl sites for hydroxylation is 1. The Bertz CT molecular complexity index is 524. The van der Waals surface area contributed by atoms with Crippen molar-refractivity contribution in [3.05, 3.63) is 52.4 Å². The molecule has 0 bridgehead atoms. The Morgan fingerprint density at radius 1 is 1.32 bits per heavy atom. The molecule has 2 aromatic rings. The molecular weight excluding hydrogens is 304 g/mol. The number of likely N-dealkylation sites (N-methyl/N-ethyl adjacent to an activating group) is 1. The number of rotatable bonds is 6. The molecule has 102 valence electrons. The minimum absolute atomic E-state index is 0.919. The molecule has 4 heteroatoms. The van der Waals surface area contributed by atoms with Gasteiger partial charge in [-0.2, -0.15) is 0 Å². The number of hydrogen-bond donors (Lipinski definition) is 1. The van der Waals surface area contributed by atoms with Gasteiger partial charge in [0.25, 0.3) is 0 Å². The standard InChI is InChI=1S/C15H19BrN2O/c1-12-13(6-9-19-12)11-18(2)8-7-17-15-5-3-4-14(16)10-15/h3-6,9-10,17H,7-8,11H2,1-2H3. The van der Waals surface area contributed by atoms with Crippen LogP contribution in [0.3, 0.4) is 0 Å². The molecule has 0 atom stereocenters. The summed E-state index contributed by atoms with van der Waals surface area (Å²) in [4.78, 5) is 2.28. The molecule has 0 fully saturated rings. The highest BCUT2D eigenvalue weighted by molar-refractivity contribution is 9.10. The number of halogens is 1. The van der Waals surface area contributed by atoms with Gasteiger partial charge < -0.3 is 14.6 Å². The van der Waals surface area contributed by atoms with Crippen LogP contribution < -0.4 is 5.32 Å². The second kappa shape index (κ2) is 6.78. The van der Waals surface area contributed by atoms with E-state index in [0.717, 1.165) is 35.6 Å². The van der Waals surface area contributed by atoms with Crippen LogP contribution in [-0.4, -0.2) is 25.0 Å². The van der Waals surface area contributed by atoms with E-state index < -0.39 is 0 Å². The monoisotopic (exact) mass is 322 g/mol. The first-order valence-corrected chi connectivity index (χ1v) is 7.15. The van der Waals surface area contributed by atoms with Gasteiger partial charge in [-0.25, -0.2) is 0 Å². The SMILES string of the molecule is Cc1occc1CN(C)CCNc1cccc(Br)c1. The molecule has 1 heterocycles. The molecule has 0 aliphatic rings. The fraction of sp³-hybridized carbons (Fsp3) is 0.333. The van der Waals surface area contributed by atoms with E-state index in [1.807, 2.05) is 25.1 Å². The van der Waals surface area contributed by atoms with Gasteiger partial charge in [0.2, 0.25) is 0 Å². The third-order valence-electron chi connectivity index (χ3n) is 3.05. The molecular formula is C15H19BrN2O. The fourth-order valence-corrected chi connectivity index (χ4v) is 2.33. The van der Waals surface area contributed by atoms with E-state index in [4.69, 9.17) is 4.42 Å². The fourth-order valence-electron chi connectivity index (χ4n) is 1.93. The highest BCUT2D eigenvalue weighted by Crippen LogP contribution is 2.15. The van der Waals surface area contributed by atoms with Gasteiger partial charge in [-0.05, 0) is 38.2 Å². The molecule has 0 unspecified atom stereocenters. The molecule has 0 aliphatic carbocycles. The van der Waals surface area contributed by atoms with Crippen molar-refractivity contribution < 1.29 is 4.42 Å². The van der Waals surface area contributed by atoms with Crippen LogP contribution in [0.4, 0.5) is 5.69 Å². The predicted molar refractivity (Wildman–Crippen MR) is 82.4 cm³/mol. The van der Waals surface area contributed by atoms with Gasteiger partial charge in [0.05, 0.1) is 6.26 Å². The highest BCUT2D eigenvalue weighted by atomic mass is 79.9. The Morgan fingerprint density at radius 3 is 2.84 bits per heavy atom. The minimum Gasteiger partial charge on any atom is -0.469 e. The summed E-state index contributed by atoms with van der Waals surface area (Å²) in [5.41, 5.74) is 2.40. The van der Waals surface area contributed by atoms with Gasteiger partial charge in [0.1, 0.15) is 5.76 Å². The first kappa shape index (κ1) is 14.2. The Kier molecular flexibility index (Phi) is 5.05. The zero-order chi connectivity index (χ0) is 13.7. The zero-order valence-corrected chi connectivity index (χ0v) is 12.9. The zero-order valence-electron chi connectivity index (χ0n) is 11.3. The molecule has 0 saturated carbocycles. The van der Waals surface area contributed by atoms with Crippen LogP contribution in [0.2, 0.25) is 0 Å². The summed E-state index contributed by atoms with van der Waals surface area (Å²) in [6, 6.07) is 10.3. The van der Waals surface area contributed by atoms with Crippen LogP contribution in [0, 0.1) is 6.92 Å². The summed E-state index contributed by atoms with van der Waals surface area (Å²) in [6.45, 7) is 4.83. The second-order valence-corrected chi connectivity index (χ2v) is 5.59. The lowest BCUT2D eigenvalue weighted by molar-refractivity contribution is 0.337. The quantitative estimate of drug-likeness (QED) is 0.874. The van der Waals surface area contributed by atoms with Crippen LogP contribution in [0.15, 0.2) is 45.5 Å². The lowest BCUT2D eigenvalue weighted by atomic mass is 10.2. The lowest BCUT2D eigenvalue weighted by Gasteiger charge is -2.17. The van der Waals surface area contributed by atoms with Gasteiger partial charge in [0.15, 0.2) is 0 Å². The Balaban J connectivity index is 1.75. The summed E-state index contributed by atoms with van der Waals surface area (Å²) in [5.74, 6) is 1.01. The van der Waals surface area contributed by atoms with Crippen molar-refractivity contribution in [1.29, 1.82) is 0 Å². The molecule has 1 N–H and O–H groups in total. The third kappa shape index (κ3) is 4.40. The minimum atomic E-state index is 0.919. The van der Waals surface area contributed by atoms with E-state index in [-0.39, 0.29) is 0 Å². The molecule has 0 radical (unpaired) electrons. The van der Waals surface area contributed by atoms with Crippen molar-refractivity contribution in [2.75, 3.05) is 25.5 Å². The number of hydrogen-bond acceptors (Lipinski definition) is 3. The van der Waals surface area contributed by atoms with Crippen molar-refractivity contribution in [3.8, 4) is 0 Å². The summed E-state index contributed by atoms with van der Waals surface area (Å²) in [7, 11) is 2.12. The summed E-state index contributed by atoms with van der Waals surface area (Å²) in [5, 5.41) is 3.42. The van der Waals surface area contributed by atoms with Gasteiger partial charge >= 0.3 is 0 Å². The van der Waals surface area contributed by atoms with Crippen molar-refractivity contribution in [1.82, 2.24) is 4.90 Å². The van der Waals surface area contributed by atoms with Gasteiger partial charge in [-0.3, -0.25) is 0 Å². The number of benzene rings is 1. The lowest BCUT2D eigenvalue weighted by Crippen LogP contribution is -2.24. The van der Waals surface area contributed by atoms with E-state index in [1.54, 1.807) is 6.26 Å². The Hall–Kier alpha value is -1.26. The largest absolute Gasteiger partial charge is 0.469 e. The Labute approximate surface area is 122 Å². The second-order valence-electron chi connectivity index (χ2n) is 4.68. The van der Waals surface area contributed by atoms with Gasteiger partial charge in [0, 0.05) is 35.4 Å². The van der Waals surface area contributed by atoms with Crippen LogP contribution in [0.1, 0.15) is 11.3 Å². The molecule has 3 nitrogen and oxygen atoms in total. The first-order chi connectivity index (χ1) is 9.15. The maximum atomic E-state index is 5.30. The highest BCUT2D eigenvalue weighted by Gasteiger charge is 2.05. The summed E-state index contributed by atoms with van der Waals surface area (Å²) >= 11 is 3.47. The van der Waals surface area contributed by atoms with Gasteiger partial charge in [-0.1, -0.05) is 22.0 Å². The number of nitrogens with zero attached hydrogens (tertiary/aromatic N) is 1. The Morgan fingerprint density at radius 2 is 2.16 bits per heavy atom. The molecule has 0 aliphatic heterocycles. The molecule has 1 aromatic heterocycles. The average molecular weight is 323 g/mol. The summed E-state index contributed by atoms with van der Waals surface area (Å²) in [6.07, 6.45) is 1.75. The smallest absolute Gasteiger partial charge is 0.105 e. The number of furan rings is 1. The van der Waals surface area contributed by atoms with Crippen molar-refractivity contribution in [2.45, 2.75) is 13.5 Å². The van der Waals surface area contributed by atoms with E-state index >= 15 is 0 Å². The number of nitrogens with one attached hydrogen (secondary N) is 1. The maximum Gasteiger partial charge on any atom is 0.105 e.